The minimum Gasteiger partial charge on any atom is -0.393 e. The van der Waals surface area contributed by atoms with Gasteiger partial charge in [0.15, 0.2) is 5.78 Å². The van der Waals surface area contributed by atoms with Crippen LogP contribution in [0.4, 0.5) is 0 Å². The number of thiazole rings is 1. The Morgan fingerprint density at radius 3 is 2.17 bits per heavy atom. The zero-order chi connectivity index (χ0) is 26.1. The van der Waals surface area contributed by atoms with Gasteiger partial charge >= 0.3 is 0 Å². The van der Waals surface area contributed by atoms with Crippen molar-refractivity contribution in [3.8, 4) is 10.4 Å². The van der Waals surface area contributed by atoms with Crippen molar-refractivity contribution in [3.05, 3.63) is 41.0 Å². The van der Waals surface area contributed by atoms with Gasteiger partial charge in [0, 0.05) is 11.5 Å². The summed E-state index contributed by atoms with van der Waals surface area (Å²) in [6.45, 7) is 16.2. The van der Waals surface area contributed by atoms with Crippen molar-refractivity contribution in [3.63, 3.8) is 0 Å². The fourth-order valence-electron chi connectivity index (χ4n) is 4.88. The van der Waals surface area contributed by atoms with Gasteiger partial charge in [0.1, 0.15) is 0 Å². The summed E-state index contributed by atoms with van der Waals surface area (Å²) in [5, 5.41) is 17.0. The van der Waals surface area contributed by atoms with E-state index in [9.17, 15) is 14.7 Å². The first-order valence-corrected chi connectivity index (χ1v) is 13.4. The van der Waals surface area contributed by atoms with Crippen LogP contribution in [0.5, 0.6) is 0 Å². The lowest BCUT2D eigenvalue weighted by molar-refractivity contribution is -0.135. The van der Waals surface area contributed by atoms with Crippen LogP contribution in [0, 0.1) is 24.2 Å². The smallest absolute Gasteiger partial charge is 0.224 e. The summed E-state index contributed by atoms with van der Waals surface area (Å²) >= 11 is 1.61. The largest absolute Gasteiger partial charge is 0.393 e. The van der Waals surface area contributed by atoms with Gasteiger partial charge in [0.2, 0.25) is 5.91 Å². The highest BCUT2D eigenvalue weighted by molar-refractivity contribution is 7.13. The third kappa shape index (κ3) is 6.78. The minimum atomic E-state index is -0.646. The summed E-state index contributed by atoms with van der Waals surface area (Å²) in [5.74, 6) is -1.20. The first-order valence-electron chi connectivity index (χ1n) is 12.5. The molecule has 1 aliphatic carbocycles. The van der Waals surface area contributed by atoms with E-state index >= 15 is 0 Å². The summed E-state index contributed by atoms with van der Waals surface area (Å²) in [5.41, 5.74) is 4.39. The molecule has 35 heavy (non-hydrogen) atoms. The number of ketones is 1. The second-order valence-electron chi connectivity index (χ2n) is 12.1. The number of hydrogen-bond donors (Lipinski definition) is 3. The van der Waals surface area contributed by atoms with Crippen LogP contribution in [-0.2, 0) is 9.59 Å². The average molecular weight is 500 g/mol. The van der Waals surface area contributed by atoms with E-state index < -0.39 is 24.0 Å². The lowest BCUT2D eigenvalue weighted by Gasteiger charge is -2.38. The molecular weight excluding hydrogens is 458 g/mol. The predicted octanol–water partition coefficient (Wildman–Crippen LogP) is 5.05. The Kier molecular flexibility index (Phi) is 8.24. The Morgan fingerprint density at radius 2 is 1.66 bits per heavy atom. The molecule has 0 bridgehead atoms. The average Bonchev–Trinajstić information content (AvgIpc) is 3.35. The van der Waals surface area contributed by atoms with Crippen LogP contribution in [0.15, 0.2) is 29.8 Å². The van der Waals surface area contributed by atoms with Gasteiger partial charge in [0.05, 0.1) is 40.2 Å². The van der Waals surface area contributed by atoms with Crippen molar-refractivity contribution in [2.24, 2.45) is 17.3 Å². The molecule has 1 amide bonds. The third-order valence-corrected chi connectivity index (χ3v) is 7.72. The summed E-state index contributed by atoms with van der Waals surface area (Å²) in [6.07, 6.45) is -0.00968. The maximum absolute atomic E-state index is 13.7. The Labute approximate surface area is 213 Å². The maximum Gasteiger partial charge on any atom is 0.224 e. The molecule has 1 fully saturated rings. The van der Waals surface area contributed by atoms with E-state index in [0.717, 1.165) is 21.7 Å². The van der Waals surface area contributed by atoms with E-state index in [0.29, 0.717) is 12.8 Å². The third-order valence-electron chi connectivity index (χ3n) is 6.74. The SMILES string of the molecule is Cc1ncsc1-c1ccc([C@H](C)NC(=O)[C@@H]2C[C@@H](O)CC2C(=O)[C@@H](NC(C)(C)C)C(C)(C)C)cc1. The minimum absolute atomic E-state index is 0.0149. The molecule has 192 valence electrons. The molecule has 3 rings (SSSR count). The number of nitrogens with one attached hydrogen (secondary N) is 2. The molecule has 5 atom stereocenters. The standard InChI is InChI=1S/C28H41N3O3S/c1-16(18-9-11-19(12-10-18)24-17(2)29-15-35-24)30-26(34)22-14-20(32)13-21(22)23(33)25(27(3,4)5)31-28(6,7)8/h9-12,15-16,20-22,25,31-32H,13-14H2,1-8H3,(H,30,34)/t16-,20-,21?,22+,25+/m0/s1. The molecule has 1 aliphatic rings. The van der Waals surface area contributed by atoms with Crippen LogP contribution in [0.1, 0.15) is 78.6 Å². The van der Waals surface area contributed by atoms with E-state index in [1.165, 1.54) is 0 Å². The normalized spacial score (nSPS) is 22.6. The van der Waals surface area contributed by atoms with Crippen LogP contribution in [0.25, 0.3) is 10.4 Å². The fraction of sp³-hybridized carbons (Fsp3) is 0.607. The van der Waals surface area contributed by atoms with Crippen LogP contribution in [-0.4, -0.2) is 39.5 Å². The fourth-order valence-corrected chi connectivity index (χ4v) is 5.69. The molecule has 3 N–H and O–H groups in total. The van der Waals surface area contributed by atoms with Crippen molar-refractivity contribution < 1.29 is 14.7 Å². The Morgan fingerprint density at radius 1 is 1.06 bits per heavy atom. The highest BCUT2D eigenvalue weighted by atomic mass is 32.1. The zero-order valence-corrected chi connectivity index (χ0v) is 23.1. The number of aromatic nitrogens is 1. The first kappa shape index (κ1) is 27.5. The van der Waals surface area contributed by atoms with Crippen molar-refractivity contribution in [1.29, 1.82) is 0 Å². The topological polar surface area (TPSA) is 91.3 Å². The second kappa shape index (κ2) is 10.5. The van der Waals surface area contributed by atoms with Crippen molar-refractivity contribution >= 4 is 23.0 Å². The van der Waals surface area contributed by atoms with Gasteiger partial charge in [-0.05, 0) is 64.0 Å². The second-order valence-corrected chi connectivity index (χ2v) is 12.9. The lowest BCUT2D eigenvalue weighted by Crippen LogP contribution is -2.56. The molecule has 0 saturated heterocycles. The Bertz CT molecular complexity index is 1030. The number of nitrogens with zero attached hydrogens (tertiary/aromatic N) is 1. The number of aliphatic hydroxyl groups excluding tert-OH is 1. The molecular formula is C28H41N3O3S. The predicted molar refractivity (Wildman–Crippen MR) is 142 cm³/mol. The number of carbonyl (C=O) groups is 2. The summed E-state index contributed by atoms with van der Waals surface area (Å²) < 4.78 is 0. The molecule has 1 unspecified atom stereocenters. The molecule has 0 spiro atoms. The Balaban J connectivity index is 1.73. The molecule has 1 saturated carbocycles. The molecule has 0 radical (unpaired) electrons. The van der Waals surface area contributed by atoms with Gasteiger partial charge in [-0.15, -0.1) is 11.3 Å². The van der Waals surface area contributed by atoms with Gasteiger partial charge in [-0.25, -0.2) is 4.98 Å². The number of aliphatic hydroxyl groups is 1. The number of Topliss-reactive ketones (excluding diaryl/α,β-unsaturated/α-hetero) is 1. The van der Waals surface area contributed by atoms with Gasteiger partial charge < -0.3 is 15.7 Å². The van der Waals surface area contributed by atoms with Gasteiger partial charge in [-0.2, -0.15) is 0 Å². The lowest BCUT2D eigenvalue weighted by atomic mass is 9.76. The van der Waals surface area contributed by atoms with Crippen molar-refractivity contribution in [2.45, 2.75) is 92.0 Å². The van der Waals surface area contributed by atoms with Crippen LogP contribution in [0.3, 0.4) is 0 Å². The van der Waals surface area contributed by atoms with Crippen LogP contribution >= 0.6 is 11.3 Å². The zero-order valence-electron chi connectivity index (χ0n) is 22.3. The molecule has 1 heterocycles. The van der Waals surface area contributed by atoms with E-state index in [2.05, 4.69) is 27.8 Å². The number of rotatable bonds is 7. The first-order chi connectivity index (χ1) is 16.2. The number of aryl methyl sites for hydroxylation is 1. The molecule has 6 nitrogen and oxygen atoms in total. The highest BCUT2D eigenvalue weighted by Crippen LogP contribution is 2.37. The number of hydrogen-bond acceptors (Lipinski definition) is 6. The van der Waals surface area contributed by atoms with Gasteiger partial charge in [0.25, 0.3) is 0 Å². The number of carbonyl (C=O) groups excluding carboxylic acids is 2. The van der Waals surface area contributed by atoms with Gasteiger partial charge in [-0.1, -0.05) is 45.0 Å². The number of benzene rings is 1. The number of amides is 1. The van der Waals surface area contributed by atoms with Crippen molar-refractivity contribution in [2.75, 3.05) is 0 Å². The summed E-state index contributed by atoms with van der Waals surface area (Å²) in [6, 6.07) is 7.53. The monoisotopic (exact) mass is 499 g/mol. The molecule has 1 aromatic carbocycles. The quantitative estimate of drug-likeness (QED) is 0.496. The molecule has 2 aromatic rings. The maximum atomic E-state index is 13.7. The highest BCUT2D eigenvalue weighted by Gasteiger charge is 2.47. The van der Waals surface area contributed by atoms with E-state index in [-0.39, 0.29) is 28.7 Å². The van der Waals surface area contributed by atoms with Gasteiger partial charge in [-0.3, -0.25) is 9.59 Å². The van der Waals surface area contributed by atoms with Crippen molar-refractivity contribution in [1.82, 2.24) is 15.6 Å². The molecule has 0 aliphatic heterocycles. The van der Waals surface area contributed by atoms with Crippen LogP contribution in [0.2, 0.25) is 0 Å². The summed E-state index contributed by atoms with van der Waals surface area (Å²) in [7, 11) is 0. The summed E-state index contributed by atoms with van der Waals surface area (Å²) in [4.78, 5) is 32.5. The van der Waals surface area contributed by atoms with E-state index in [1.54, 1.807) is 11.3 Å². The van der Waals surface area contributed by atoms with E-state index in [4.69, 9.17) is 0 Å². The molecule has 1 aromatic heterocycles. The van der Waals surface area contributed by atoms with Crippen LogP contribution < -0.4 is 10.6 Å². The molecule has 7 heteroatoms. The Hall–Kier alpha value is -2.09. The van der Waals surface area contributed by atoms with E-state index in [1.807, 2.05) is 73.0 Å².